The Morgan fingerprint density at radius 3 is 1.95 bits per heavy atom. The number of ketones is 4. The van der Waals surface area contributed by atoms with Crippen LogP contribution in [-0.2, 0) is 14.4 Å². The molecule has 1 N–H and O–H groups in total. The highest BCUT2D eigenvalue weighted by Crippen LogP contribution is 2.39. The lowest BCUT2D eigenvalue weighted by Gasteiger charge is -2.23. The lowest BCUT2D eigenvalue weighted by atomic mass is 9.82. The van der Waals surface area contributed by atoms with Gasteiger partial charge in [-0.2, -0.15) is 0 Å². The third kappa shape index (κ3) is 7.12. The highest BCUT2D eigenvalue weighted by atomic mass is 16.5. The second-order valence-corrected chi connectivity index (χ2v) is 9.15. The van der Waals surface area contributed by atoms with Crippen LogP contribution in [0.3, 0.4) is 0 Å². The van der Waals surface area contributed by atoms with Gasteiger partial charge in [-0.25, -0.2) is 0 Å². The Labute approximate surface area is 216 Å². The van der Waals surface area contributed by atoms with E-state index in [1.54, 1.807) is 31.2 Å². The van der Waals surface area contributed by atoms with Crippen LogP contribution < -0.4 is 14.8 Å². The third-order valence-electron chi connectivity index (χ3n) is 6.04. The first-order valence-electron chi connectivity index (χ1n) is 12.7. The number of benzene rings is 2. The average Bonchev–Trinajstić information content (AvgIpc) is 2.86. The van der Waals surface area contributed by atoms with Crippen LogP contribution in [-0.4, -0.2) is 42.3 Å². The molecule has 2 aromatic carbocycles. The number of unbranched alkanes of at least 4 members (excludes halogenated alkanes) is 2. The topological polar surface area (TPSA) is 116 Å². The Bertz CT molecular complexity index is 1210. The minimum Gasteiger partial charge on any atom is -0.493 e. The van der Waals surface area contributed by atoms with Crippen molar-refractivity contribution in [1.82, 2.24) is 0 Å². The summed E-state index contributed by atoms with van der Waals surface area (Å²) in [4.78, 5) is 61.7. The maximum atomic E-state index is 13.8. The summed E-state index contributed by atoms with van der Waals surface area (Å²) in [6.45, 7) is 5.33. The number of hydrogen-bond acceptors (Lipinski definition) is 7. The summed E-state index contributed by atoms with van der Waals surface area (Å²) in [5.74, 6) is -0.280. The monoisotopic (exact) mass is 507 g/mol. The molecule has 0 atom stereocenters. The predicted molar refractivity (Wildman–Crippen MR) is 139 cm³/mol. The number of ether oxygens (including phenoxy) is 2. The number of nitrogens with one attached hydrogen (secondary N) is 1. The Hall–Kier alpha value is -3.81. The Morgan fingerprint density at radius 2 is 1.35 bits per heavy atom. The molecule has 2 aromatic rings. The summed E-state index contributed by atoms with van der Waals surface area (Å²) in [6.07, 6.45) is 3.69. The van der Waals surface area contributed by atoms with Crippen LogP contribution in [0.1, 0.15) is 97.6 Å². The van der Waals surface area contributed by atoms with E-state index in [1.807, 2.05) is 0 Å². The predicted octanol–water partition coefficient (Wildman–Crippen LogP) is 5.09. The molecular weight excluding hydrogens is 474 g/mol. The maximum Gasteiger partial charge on any atom is 0.224 e. The highest BCUT2D eigenvalue weighted by Gasteiger charge is 2.35. The van der Waals surface area contributed by atoms with E-state index in [9.17, 15) is 24.0 Å². The van der Waals surface area contributed by atoms with Crippen molar-refractivity contribution in [3.05, 3.63) is 52.6 Å². The van der Waals surface area contributed by atoms with Crippen LogP contribution in [0.2, 0.25) is 0 Å². The zero-order chi connectivity index (χ0) is 26.9. The molecule has 1 aliphatic rings. The summed E-state index contributed by atoms with van der Waals surface area (Å²) >= 11 is 0. The minimum atomic E-state index is -0.393. The smallest absolute Gasteiger partial charge is 0.224 e. The van der Waals surface area contributed by atoms with Crippen molar-refractivity contribution in [2.45, 2.75) is 65.7 Å². The molecule has 3 rings (SSSR count). The third-order valence-corrected chi connectivity index (χ3v) is 6.04. The largest absolute Gasteiger partial charge is 0.493 e. The molecule has 0 spiro atoms. The number of anilines is 1. The molecule has 8 heteroatoms. The Balaban J connectivity index is 1.92. The lowest BCUT2D eigenvalue weighted by Crippen LogP contribution is -2.24. The molecule has 0 aromatic heterocycles. The molecule has 0 aliphatic heterocycles. The number of hydrogen-bond donors (Lipinski definition) is 1. The van der Waals surface area contributed by atoms with Gasteiger partial charge in [-0.3, -0.25) is 14.4 Å². The number of carbonyl (C=O) groups excluding carboxylic acids is 5. The van der Waals surface area contributed by atoms with E-state index in [2.05, 4.69) is 5.32 Å². The molecule has 0 bridgehead atoms. The van der Waals surface area contributed by atoms with Crippen molar-refractivity contribution < 1.29 is 33.4 Å². The molecule has 0 saturated carbocycles. The van der Waals surface area contributed by atoms with Gasteiger partial charge in [0.15, 0.2) is 5.78 Å². The van der Waals surface area contributed by atoms with Gasteiger partial charge in [0.1, 0.15) is 23.1 Å². The van der Waals surface area contributed by atoms with Crippen LogP contribution >= 0.6 is 0 Å². The van der Waals surface area contributed by atoms with Gasteiger partial charge >= 0.3 is 0 Å². The Kier molecular flexibility index (Phi) is 9.71. The van der Waals surface area contributed by atoms with Crippen LogP contribution in [0, 0.1) is 0 Å². The van der Waals surface area contributed by atoms with Gasteiger partial charge in [0.25, 0.3) is 0 Å². The number of Topliss-reactive ketones (excluding diaryl/α,β-unsaturated/α-hetero) is 2. The van der Waals surface area contributed by atoms with Crippen molar-refractivity contribution in [2.24, 2.45) is 0 Å². The van der Waals surface area contributed by atoms with Crippen molar-refractivity contribution in [1.29, 1.82) is 0 Å². The fourth-order valence-electron chi connectivity index (χ4n) is 4.13. The van der Waals surface area contributed by atoms with Crippen LogP contribution in [0.5, 0.6) is 11.5 Å². The summed E-state index contributed by atoms with van der Waals surface area (Å²) in [5.41, 5.74) is 1.06. The van der Waals surface area contributed by atoms with E-state index in [1.165, 1.54) is 19.9 Å². The fraction of sp³-hybridized carbons (Fsp3) is 0.414. The zero-order valence-electron chi connectivity index (χ0n) is 21.6. The standard InChI is InChI=1S/C29H33NO7/c1-4-25(33)30-20-16-22-27(24(17-20)37-15-8-6-11-19(3)32)29(35)26-21(28(22)34)12-9-13-23(26)36-14-7-5-10-18(2)31/h9,12-13,16-17H,4-8,10-11,14-15H2,1-3H3,(H,30,33). The second kappa shape index (κ2) is 12.9. The number of rotatable bonds is 14. The van der Waals surface area contributed by atoms with E-state index in [0.717, 1.165) is 0 Å². The fourth-order valence-corrected chi connectivity index (χ4v) is 4.13. The van der Waals surface area contributed by atoms with Gasteiger partial charge in [-0.05, 0) is 51.7 Å². The summed E-state index contributed by atoms with van der Waals surface area (Å²) < 4.78 is 11.8. The SMILES string of the molecule is CCC(=O)Nc1cc(OCCCCC(C)=O)c2c(c1)C(=O)c1cccc(OCCCCC(C)=O)c1C2=O. The van der Waals surface area contributed by atoms with E-state index in [0.29, 0.717) is 56.6 Å². The first-order valence-corrected chi connectivity index (χ1v) is 12.7. The summed E-state index contributed by atoms with van der Waals surface area (Å²) in [6, 6.07) is 7.95. The van der Waals surface area contributed by atoms with E-state index in [4.69, 9.17) is 9.47 Å². The molecule has 8 nitrogen and oxygen atoms in total. The first-order chi connectivity index (χ1) is 17.7. The van der Waals surface area contributed by atoms with Gasteiger partial charge in [0.05, 0.1) is 24.3 Å². The lowest BCUT2D eigenvalue weighted by molar-refractivity contribution is -0.118. The minimum absolute atomic E-state index is 0.0906. The maximum absolute atomic E-state index is 13.8. The molecule has 0 unspecified atom stereocenters. The molecule has 0 heterocycles. The quantitative estimate of drug-likeness (QED) is 0.302. The van der Waals surface area contributed by atoms with Crippen LogP contribution in [0.25, 0.3) is 0 Å². The van der Waals surface area contributed by atoms with Gasteiger partial charge in [-0.15, -0.1) is 0 Å². The number of carbonyl (C=O) groups is 5. The van der Waals surface area contributed by atoms with Gasteiger partial charge in [0.2, 0.25) is 11.7 Å². The molecule has 1 aliphatic carbocycles. The van der Waals surface area contributed by atoms with E-state index < -0.39 is 5.78 Å². The molecule has 37 heavy (non-hydrogen) atoms. The van der Waals surface area contributed by atoms with E-state index in [-0.39, 0.29) is 64.3 Å². The summed E-state index contributed by atoms with van der Waals surface area (Å²) in [5, 5.41) is 2.74. The molecule has 0 fully saturated rings. The van der Waals surface area contributed by atoms with Crippen molar-refractivity contribution >= 4 is 34.7 Å². The van der Waals surface area contributed by atoms with Gasteiger partial charge < -0.3 is 24.4 Å². The van der Waals surface area contributed by atoms with Crippen LogP contribution in [0.4, 0.5) is 5.69 Å². The zero-order valence-corrected chi connectivity index (χ0v) is 21.6. The van der Waals surface area contributed by atoms with Crippen molar-refractivity contribution in [3.8, 4) is 11.5 Å². The molecular formula is C29H33NO7. The average molecular weight is 508 g/mol. The number of fused-ring (bicyclic) bond motifs is 2. The highest BCUT2D eigenvalue weighted by molar-refractivity contribution is 6.30. The van der Waals surface area contributed by atoms with Gasteiger partial charge in [-0.1, -0.05) is 19.1 Å². The van der Waals surface area contributed by atoms with Crippen molar-refractivity contribution in [3.63, 3.8) is 0 Å². The number of amides is 1. The molecule has 0 radical (unpaired) electrons. The molecule has 1 amide bonds. The van der Waals surface area contributed by atoms with Gasteiger partial charge in [0, 0.05) is 42.1 Å². The normalized spacial score (nSPS) is 12.0. The second-order valence-electron chi connectivity index (χ2n) is 9.15. The van der Waals surface area contributed by atoms with E-state index >= 15 is 0 Å². The summed E-state index contributed by atoms with van der Waals surface area (Å²) in [7, 11) is 0. The first kappa shape index (κ1) is 27.8. The van der Waals surface area contributed by atoms with Crippen molar-refractivity contribution in [2.75, 3.05) is 18.5 Å². The Morgan fingerprint density at radius 1 is 0.757 bits per heavy atom. The van der Waals surface area contributed by atoms with Crippen LogP contribution in [0.15, 0.2) is 30.3 Å². The molecule has 196 valence electrons. The molecule has 0 saturated heterocycles.